The second kappa shape index (κ2) is 13.1. The Hall–Kier alpha value is -7.83. The first kappa shape index (κ1) is 33.3. The number of benzene rings is 7. The lowest BCUT2D eigenvalue weighted by atomic mass is 9.88. The minimum atomic E-state index is -0.121. The van der Waals surface area contributed by atoms with Crippen molar-refractivity contribution < 1.29 is 0 Å². The summed E-state index contributed by atoms with van der Waals surface area (Å²) in [7, 11) is 0. The summed E-state index contributed by atoms with van der Waals surface area (Å²) in [4.78, 5) is 29.1. The molecular formula is C53H35N5O. The molecule has 59 heavy (non-hydrogen) atoms. The van der Waals surface area contributed by atoms with Gasteiger partial charge in [-0.2, -0.15) is 0 Å². The maximum absolute atomic E-state index is 16.2. The van der Waals surface area contributed by atoms with E-state index >= 15 is 4.79 Å². The Morgan fingerprint density at radius 3 is 1.90 bits per heavy atom. The number of allylic oxidation sites excluding steroid dienone is 2. The molecule has 0 radical (unpaired) electrons. The van der Waals surface area contributed by atoms with Crippen LogP contribution in [0.15, 0.2) is 205 Å². The SMILES string of the molecule is O=c1c2c(ccc3c2c2ccccc2n3-c2ccccc2)c2ccc3c(c2n1-c1cc(-c2ccccc2)nc(-c2ccccc2)n1)C1C=CC=CC1N3c1ccccc1. The number of aromatic nitrogens is 4. The van der Waals surface area contributed by atoms with Gasteiger partial charge in [-0.3, -0.25) is 9.36 Å². The van der Waals surface area contributed by atoms with Gasteiger partial charge in [0.25, 0.3) is 5.56 Å². The molecule has 0 saturated heterocycles. The molecule has 7 aromatic carbocycles. The molecule has 0 N–H and O–H groups in total. The number of anilines is 2. The Kier molecular flexibility index (Phi) is 7.41. The zero-order valence-electron chi connectivity index (χ0n) is 31.9. The Bertz CT molecular complexity index is 3350. The topological polar surface area (TPSA) is 56.0 Å². The normalized spacial score (nSPS) is 15.7. The van der Waals surface area contributed by atoms with Gasteiger partial charge in [0.1, 0.15) is 5.82 Å². The van der Waals surface area contributed by atoms with E-state index in [-0.39, 0.29) is 17.5 Å². The van der Waals surface area contributed by atoms with E-state index in [1.165, 1.54) is 0 Å². The predicted octanol–water partition coefficient (Wildman–Crippen LogP) is 12.1. The molecule has 3 aromatic heterocycles. The van der Waals surface area contributed by atoms with Crippen molar-refractivity contribution >= 4 is 54.9 Å². The van der Waals surface area contributed by atoms with Gasteiger partial charge in [-0.15, -0.1) is 0 Å². The van der Waals surface area contributed by atoms with Crippen LogP contribution in [0.2, 0.25) is 0 Å². The van der Waals surface area contributed by atoms with Crippen LogP contribution in [0.5, 0.6) is 0 Å². The van der Waals surface area contributed by atoms with Gasteiger partial charge in [0.15, 0.2) is 5.82 Å². The molecule has 1 aliphatic heterocycles. The molecule has 2 atom stereocenters. The van der Waals surface area contributed by atoms with E-state index < -0.39 is 0 Å². The second-order valence-corrected chi connectivity index (χ2v) is 15.3. The van der Waals surface area contributed by atoms with Gasteiger partial charge in [0.2, 0.25) is 0 Å². The quantitative estimate of drug-likeness (QED) is 0.164. The maximum Gasteiger partial charge on any atom is 0.265 e. The Labute approximate surface area is 339 Å². The molecule has 0 bridgehead atoms. The van der Waals surface area contributed by atoms with Crippen LogP contribution in [0.25, 0.3) is 77.6 Å². The number of rotatable bonds is 5. The first-order chi connectivity index (χ1) is 29.2. The number of nitrogens with zero attached hydrogens (tertiary/aromatic N) is 5. The minimum absolute atomic E-state index is 0.0187. The van der Waals surface area contributed by atoms with Gasteiger partial charge >= 0.3 is 0 Å². The van der Waals surface area contributed by atoms with Crippen LogP contribution in [0.1, 0.15) is 11.5 Å². The number of hydrogen-bond acceptors (Lipinski definition) is 4. The summed E-state index contributed by atoms with van der Waals surface area (Å²) in [6.07, 6.45) is 8.83. The molecule has 6 heteroatoms. The smallest absolute Gasteiger partial charge is 0.265 e. The van der Waals surface area contributed by atoms with E-state index in [2.05, 4.69) is 149 Å². The Morgan fingerprint density at radius 2 is 1.14 bits per heavy atom. The third kappa shape index (κ3) is 5.03. The molecular weight excluding hydrogens is 723 g/mol. The fourth-order valence-electron chi connectivity index (χ4n) is 9.58. The van der Waals surface area contributed by atoms with Crippen molar-refractivity contribution in [1.82, 2.24) is 19.1 Å². The van der Waals surface area contributed by atoms with E-state index in [9.17, 15) is 0 Å². The van der Waals surface area contributed by atoms with Crippen LogP contribution in [0.4, 0.5) is 11.4 Å². The minimum Gasteiger partial charge on any atom is -0.333 e. The molecule has 0 spiro atoms. The molecule has 4 heterocycles. The standard InChI is InChI=1S/C53H35N5O/c59-53-50-38(29-31-45-48(50)40-25-13-15-27-43(40)56(45)36-21-9-3-10-22-36)39-30-32-46-49(41-26-14-16-28-44(41)57(46)37-23-11-4-12-24-37)51(39)58(53)47-33-42(34-17-5-1-6-18-34)54-52(55-47)35-19-7-2-8-20-35/h1-33,41,44H. The van der Waals surface area contributed by atoms with Crippen molar-refractivity contribution in [2.24, 2.45) is 0 Å². The zero-order valence-corrected chi connectivity index (χ0v) is 31.9. The van der Waals surface area contributed by atoms with E-state index in [0.29, 0.717) is 17.0 Å². The molecule has 278 valence electrons. The Morgan fingerprint density at radius 1 is 0.492 bits per heavy atom. The lowest BCUT2D eigenvalue weighted by Gasteiger charge is -2.28. The summed E-state index contributed by atoms with van der Waals surface area (Å²) in [6, 6.07) is 60.4. The van der Waals surface area contributed by atoms with Crippen LogP contribution in [-0.2, 0) is 0 Å². The predicted molar refractivity (Wildman–Crippen MR) is 241 cm³/mol. The third-order valence-corrected chi connectivity index (χ3v) is 12.1. The van der Waals surface area contributed by atoms with Crippen LogP contribution < -0.4 is 10.5 Å². The summed E-state index contributed by atoms with van der Waals surface area (Å²) < 4.78 is 4.18. The zero-order chi connectivity index (χ0) is 39.0. The highest BCUT2D eigenvalue weighted by Gasteiger charge is 2.40. The highest BCUT2D eigenvalue weighted by Crippen LogP contribution is 2.51. The van der Waals surface area contributed by atoms with Crippen LogP contribution >= 0.6 is 0 Å². The van der Waals surface area contributed by atoms with Crippen LogP contribution in [0.3, 0.4) is 0 Å². The van der Waals surface area contributed by atoms with E-state index in [1.54, 1.807) is 0 Å². The van der Waals surface area contributed by atoms with Gasteiger partial charge in [0.05, 0.1) is 33.7 Å². The first-order valence-corrected chi connectivity index (χ1v) is 20.1. The average Bonchev–Trinajstić information content (AvgIpc) is 3.83. The van der Waals surface area contributed by atoms with Crippen molar-refractivity contribution in [3.63, 3.8) is 0 Å². The van der Waals surface area contributed by atoms with Crippen molar-refractivity contribution in [2.75, 3.05) is 4.90 Å². The van der Waals surface area contributed by atoms with Crippen molar-refractivity contribution in [2.45, 2.75) is 12.0 Å². The lowest BCUT2D eigenvalue weighted by molar-refractivity contribution is 0.745. The van der Waals surface area contributed by atoms with Gasteiger partial charge < -0.3 is 9.47 Å². The summed E-state index contributed by atoms with van der Waals surface area (Å²) in [6.45, 7) is 0. The van der Waals surface area contributed by atoms with E-state index in [1.807, 2.05) is 65.2 Å². The lowest BCUT2D eigenvalue weighted by Crippen LogP contribution is -2.28. The summed E-state index contributed by atoms with van der Waals surface area (Å²) in [5.74, 6) is 1.06. The summed E-state index contributed by atoms with van der Waals surface area (Å²) in [5, 5.41) is 4.52. The van der Waals surface area contributed by atoms with Crippen molar-refractivity contribution in [1.29, 1.82) is 0 Å². The second-order valence-electron chi connectivity index (χ2n) is 15.3. The number of pyridine rings is 1. The largest absolute Gasteiger partial charge is 0.333 e. The van der Waals surface area contributed by atoms with Crippen molar-refractivity contribution in [3.05, 3.63) is 216 Å². The number of fused-ring (bicyclic) bond motifs is 11. The van der Waals surface area contributed by atoms with Gasteiger partial charge in [-0.25, -0.2) is 9.97 Å². The molecule has 2 aliphatic rings. The van der Waals surface area contributed by atoms with Gasteiger partial charge in [0, 0.05) is 61.9 Å². The van der Waals surface area contributed by atoms with E-state index in [0.717, 1.165) is 77.5 Å². The van der Waals surface area contributed by atoms with Crippen molar-refractivity contribution in [3.8, 4) is 34.2 Å². The monoisotopic (exact) mass is 757 g/mol. The highest BCUT2D eigenvalue weighted by molar-refractivity contribution is 6.25. The molecule has 10 aromatic rings. The maximum atomic E-state index is 16.2. The summed E-state index contributed by atoms with van der Waals surface area (Å²) in [5.41, 5.74) is 9.63. The van der Waals surface area contributed by atoms with Crippen LogP contribution in [-0.4, -0.2) is 25.1 Å². The fraction of sp³-hybridized carbons (Fsp3) is 0.0377. The van der Waals surface area contributed by atoms with Gasteiger partial charge in [-0.1, -0.05) is 152 Å². The average molecular weight is 758 g/mol. The van der Waals surface area contributed by atoms with Crippen LogP contribution in [0, 0.1) is 0 Å². The molecule has 0 fully saturated rings. The number of hydrogen-bond donors (Lipinski definition) is 0. The highest BCUT2D eigenvalue weighted by atomic mass is 16.1. The molecule has 0 amide bonds. The van der Waals surface area contributed by atoms with E-state index in [4.69, 9.17) is 9.97 Å². The third-order valence-electron chi connectivity index (χ3n) is 12.1. The van der Waals surface area contributed by atoms with Gasteiger partial charge in [-0.05, 0) is 47.9 Å². The molecule has 0 saturated carbocycles. The molecule has 6 nitrogen and oxygen atoms in total. The fourth-order valence-corrected chi connectivity index (χ4v) is 9.58. The first-order valence-electron chi connectivity index (χ1n) is 20.1. The summed E-state index contributed by atoms with van der Waals surface area (Å²) >= 11 is 0. The Balaban J connectivity index is 1.27. The molecule has 1 aliphatic carbocycles. The number of para-hydroxylation sites is 3. The molecule has 2 unspecified atom stereocenters. The molecule has 12 rings (SSSR count).